The Balaban J connectivity index is 1.46. The molecule has 4 rings (SSSR count). The number of hydrogen-bond acceptors (Lipinski definition) is 4. The van der Waals surface area contributed by atoms with Gasteiger partial charge < -0.3 is 20.7 Å². The van der Waals surface area contributed by atoms with E-state index in [-0.39, 0.29) is 12.1 Å². The van der Waals surface area contributed by atoms with E-state index in [0.29, 0.717) is 36.5 Å². The van der Waals surface area contributed by atoms with Crippen molar-refractivity contribution in [3.8, 4) is 5.75 Å². The number of rotatable bonds is 3. The molecular formula is C19H18FN3O3. The van der Waals surface area contributed by atoms with Crippen LogP contribution in [-0.4, -0.2) is 24.5 Å². The third-order valence-corrected chi connectivity index (χ3v) is 4.56. The van der Waals surface area contributed by atoms with Crippen molar-refractivity contribution in [1.29, 1.82) is 0 Å². The number of amides is 2. The zero-order valence-corrected chi connectivity index (χ0v) is 14.0. The van der Waals surface area contributed by atoms with E-state index in [1.807, 2.05) is 0 Å². The highest BCUT2D eigenvalue weighted by Crippen LogP contribution is 2.30. The first-order valence-electron chi connectivity index (χ1n) is 8.49. The monoisotopic (exact) mass is 355 g/mol. The molecule has 1 unspecified atom stereocenters. The normalized spacial score (nSPS) is 18.2. The number of carbonyl (C=O) groups is 2. The van der Waals surface area contributed by atoms with Crippen molar-refractivity contribution in [3.63, 3.8) is 0 Å². The first-order chi connectivity index (χ1) is 12.6. The van der Waals surface area contributed by atoms with E-state index in [0.717, 1.165) is 5.56 Å². The number of benzene rings is 2. The minimum Gasteiger partial charge on any atom is -0.478 e. The van der Waals surface area contributed by atoms with Crippen LogP contribution in [0.15, 0.2) is 36.4 Å². The Kier molecular flexibility index (Phi) is 4.30. The van der Waals surface area contributed by atoms with Crippen LogP contribution in [0, 0.1) is 5.82 Å². The lowest BCUT2D eigenvalue weighted by molar-refractivity contribution is -0.128. The predicted molar refractivity (Wildman–Crippen MR) is 94.5 cm³/mol. The summed E-state index contributed by atoms with van der Waals surface area (Å²) in [5.41, 5.74) is 2.23. The van der Waals surface area contributed by atoms with Crippen LogP contribution in [0.5, 0.6) is 5.75 Å². The number of anilines is 2. The minimum atomic E-state index is -0.949. The van der Waals surface area contributed by atoms with Gasteiger partial charge in [0.1, 0.15) is 11.6 Å². The van der Waals surface area contributed by atoms with Gasteiger partial charge in [-0.2, -0.15) is 0 Å². The number of carbonyl (C=O) groups excluding carboxylic acids is 2. The summed E-state index contributed by atoms with van der Waals surface area (Å²) in [5, 5.41) is 8.44. The van der Waals surface area contributed by atoms with Crippen molar-refractivity contribution < 1.29 is 18.7 Å². The molecule has 1 atom stereocenters. The number of fused-ring (bicyclic) bond motifs is 2. The molecule has 2 aromatic carbocycles. The van der Waals surface area contributed by atoms with Gasteiger partial charge in [0.2, 0.25) is 5.91 Å². The Morgan fingerprint density at radius 3 is 3.00 bits per heavy atom. The molecule has 6 nitrogen and oxygen atoms in total. The zero-order valence-electron chi connectivity index (χ0n) is 14.0. The first kappa shape index (κ1) is 16.5. The van der Waals surface area contributed by atoms with Crippen molar-refractivity contribution in [2.24, 2.45) is 0 Å². The Morgan fingerprint density at radius 2 is 2.12 bits per heavy atom. The van der Waals surface area contributed by atoms with Gasteiger partial charge in [-0.3, -0.25) is 9.59 Å². The van der Waals surface area contributed by atoms with Gasteiger partial charge in [0.25, 0.3) is 5.91 Å². The number of nitrogens with one attached hydrogen (secondary N) is 3. The molecule has 0 aromatic heterocycles. The number of hydrogen-bond donors (Lipinski definition) is 3. The van der Waals surface area contributed by atoms with Gasteiger partial charge in [0.15, 0.2) is 6.10 Å². The number of para-hydroxylation sites is 2. The van der Waals surface area contributed by atoms with Crippen molar-refractivity contribution in [3.05, 3.63) is 53.3 Å². The van der Waals surface area contributed by atoms with Gasteiger partial charge >= 0.3 is 0 Å². The Morgan fingerprint density at radius 1 is 1.27 bits per heavy atom. The summed E-state index contributed by atoms with van der Waals surface area (Å²) in [7, 11) is 0. The lowest BCUT2D eigenvalue weighted by atomic mass is 9.99. The van der Waals surface area contributed by atoms with Crippen molar-refractivity contribution in [1.82, 2.24) is 5.32 Å². The second kappa shape index (κ2) is 6.76. The predicted octanol–water partition coefficient (Wildman–Crippen LogP) is 2.20. The lowest BCUT2D eigenvalue weighted by Crippen LogP contribution is -2.39. The second-order valence-electron chi connectivity index (χ2n) is 6.34. The lowest BCUT2D eigenvalue weighted by Gasteiger charge is -2.25. The summed E-state index contributed by atoms with van der Waals surface area (Å²) in [5.74, 6) is -0.762. The van der Waals surface area contributed by atoms with E-state index in [1.54, 1.807) is 36.4 Å². The summed E-state index contributed by atoms with van der Waals surface area (Å²) < 4.78 is 20.2. The highest BCUT2D eigenvalue weighted by molar-refractivity contribution is 6.02. The zero-order chi connectivity index (χ0) is 18.1. The fraction of sp³-hybridized carbons (Fsp3) is 0.263. The average molecular weight is 355 g/mol. The molecule has 7 heteroatoms. The number of halogens is 1. The quantitative estimate of drug-likeness (QED) is 0.789. The third kappa shape index (κ3) is 3.13. The molecule has 2 heterocycles. The largest absolute Gasteiger partial charge is 0.478 e. The maximum Gasteiger partial charge on any atom is 0.266 e. The van der Waals surface area contributed by atoms with Crippen LogP contribution in [0.3, 0.4) is 0 Å². The van der Waals surface area contributed by atoms with Gasteiger partial charge in [-0.05, 0) is 42.3 Å². The van der Waals surface area contributed by atoms with Crippen LogP contribution in [0.1, 0.15) is 17.5 Å². The van der Waals surface area contributed by atoms with Crippen molar-refractivity contribution in [2.75, 3.05) is 17.2 Å². The molecule has 2 aromatic rings. The first-order valence-corrected chi connectivity index (χ1v) is 8.49. The second-order valence-corrected chi connectivity index (χ2v) is 6.34. The van der Waals surface area contributed by atoms with Crippen LogP contribution in [-0.2, 0) is 22.6 Å². The Bertz CT molecular complexity index is 884. The summed E-state index contributed by atoms with van der Waals surface area (Å²) in [6.07, 6.45) is -0.566. The SMILES string of the molecule is O=C(CC1Oc2ccccc2NC1=O)Nc1ccc2c(c1F)CCNC2. The standard InChI is InChI=1S/C19H18FN3O3/c20-18-12-7-8-21-10-11(12)5-6-14(18)22-17(24)9-16-19(25)23-13-3-1-2-4-15(13)26-16/h1-6,16,21H,7-10H2,(H,22,24)(H,23,25). The van der Waals surface area contributed by atoms with E-state index in [2.05, 4.69) is 16.0 Å². The van der Waals surface area contributed by atoms with Crippen molar-refractivity contribution in [2.45, 2.75) is 25.5 Å². The molecule has 2 aliphatic heterocycles. The molecule has 2 amide bonds. The van der Waals surface area contributed by atoms with Gasteiger partial charge in [0, 0.05) is 6.54 Å². The van der Waals surface area contributed by atoms with Crippen molar-refractivity contribution >= 4 is 23.2 Å². The molecule has 0 fully saturated rings. The smallest absolute Gasteiger partial charge is 0.266 e. The summed E-state index contributed by atoms with van der Waals surface area (Å²) >= 11 is 0. The third-order valence-electron chi connectivity index (χ3n) is 4.56. The Labute approximate surface area is 149 Å². The van der Waals surface area contributed by atoms with Crippen LogP contribution in [0.4, 0.5) is 15.8 Å². The van der Waals surface area contributed by atoms with E-state index in [9.17, 15) is 14.0 Å². The molecule has 0 aliphatic carbocycles. The molecule has 0 bridgehead atoms. The summed E-state index contributed by atoms with van der Waals surface area (Å²) in [6.45, 7) is 1.33. The maximum atomic E-state index is 14.6. The van der Waals surface area contributed by atoms with Crippen LogP contribution < -0.4 is 20.7 Å². The summed E-state index contributed by atoms with van der Waals surface area (Å²) in [4.78, 5) is 24.4. The fourth-order valence-electron chi connectivity index (χ4n) is 3.23. The maximum absolute atomic E-state index is 14.6. The Hall–Kier alpha value is -2.93. The molecule has 0 radical (unpaired) electrons. The topological polar surface area (TPSA) is 79.5 Å². The van der Waals surface area contributed by atoms with Gasteiger partial charge in [0.05, 0.1) is 17.8 Å². The molecule has 0 spiro atoms. The highest BCUT2D eigenvalue weighted by Gasteiger charge is 2.30. The van der Waals surface area contributed by atoms with E-state index in [4.69, 9.17) is 4.74 Å². The fourth-order valence-corrected chi connectivity index (χ4v) is 3.23. The van der Waals surface area contributed by atoms with E-state index < -0.39 is 23.7 Å². The van der Waals surface area contributed by atoms with Gasteiger partial charge in [-0.1, -0.05) is 18.2 Å². The van der Waals surface area contributed by atoms with Crippen LogP contribution in [0.25, 0.3) is 0 Å². The summed E-state index contributed by atoms with van der Waals surface area (Å²) in [6, 6.07) is 10.4. The van der Waals surface area contributed by atoms with Gasteiger partial charge in [-0.15, -0.1) is 0 Å². The van der Waals surface area contributed by atoms with Crippen LogP contribution >= 0.6 is 0 Å². The molecule has 0 saturated heterocycles. The minimum absolute atomic E-state index is 0.132. The highest BCUT2D eigenvalue weighted by atomic mass is 19.1. The molecule has 2 aliphatic rings. The van der Waals surface area contributed by atoms with E-state index >= 15 is 0 Å². The number of ether oxygens (including phenoxy) is 1. The van der Waals surface area contributed by atoms with Gasteiger partial charge in [-0.25, -0.2) is 4.39 Å². The molecule has 3 N–H and O–H groups in total. The van der Waals surface area contributed by atoms with Crippen LogP contribution in [0.2, 0.25) is 0 Å². The molecular weight excluding hydrogens is 337 g/mol. The molecule has 134 valence electrons. The molecule has 26 heavy (non-hydrogen) atoms. The molecule has 0 saturated carbocycles. The van der Waals surface area contributed by atoms with E-state index in [1.165, 1.54) is 0 Å². The average Bonchev–Trinajstić information content (AvgIpc) is 2.65.